The van der Waals surface area contributed by atoms with Gasteiger partial charge >= 0.3 is 0 Å². The number of rotatable bonds is 5. The van der Waals surface area contributed by atoms with Crippen molar-refractivity contribution in [1.82, 2.24) is 19.2 Å². The third-order valence-electron chi connectivity index (χ3n) is 5.48. The first-order valence-electron chi connectivity index (χ1n) is 9.72. The molecule has 0 radical (unpaired) electrons. The van der Waals surface area contributed by atoms with E-state index >= 15 is 0 Å². The lowest BCUT2D eigenvalue weighted by atomic mass is 9.93. The molecule has 1 aromatic rings. The van der Waals surface area contributed by atoms with Crippen molar-refractivity contribution in [2.45, 2.75) is 75.9 Å². The van der Waals surface area contributed by atoms with Crippen molar-refractivity contribution in [3.05, 3.63) is 12.5 Å². The van der Waals surface area contributed by atoms with Gasteiger partial charge in [0.15, 0.2) is 5.03 Å². The number of amides is 1. The Hall–Kier alpha value is -1.41. The van der Waals surface area contributed by atoms with Crippen LogP contribution in [0.25, 0.3) is 0 Å². The van der Waals surface area contributed by atoms with Crippen LogP contribution in [-0.2, 0) is 14.8 Å². The summed E-state index contributed by atoms with van der Waals surface area (Å²) in [5.74, 6) is -0.267. The predicted octanol–water partition coefficient (Wildman–Crippen LogP) is 2.31. The molecule has 0 spiro atoms. The summed E-state index contributed by atoms with van der Waals surface area (Å²) < 4.78 is 29.0. The topological polar surface area (TPSA) is 84.3 Å². The van der Waals surface area contributed by atoms with Gasteiger partial charge in [0.1, 0.15) is 0 Å². The third-order valence-corrected chi connectivity index (χ3v) is 7.24. The Morgan fingerprint density at radius 2 is 1.92 bits per heavy atom. The molecule has 8 heteroatoms. The Morgan fingerprint density at radius 1 is 1.19 bits per heavy atom. The van der Waals surface area contributed by atoms with Gasteiger partial charge in [0.05, 0.1) is 12.2 Å². The summed E-state index contributed by atoms with van der Waals surface area (Å²) in [6.07, 6.45) is 10.2. The lowest BCUT2D eigenvalue weighted by Crippen LogP contribution is -2.47. The first kappa shape index (κ1) is 19.4. The molecular formula is C18H30N4O3S. The summed E-state index contributed by atoms with van der Waals surface area (Å²) in [6, 6.07) is 0.409. The summed E-state index contributed by atoms with van der Waals surface area (Å²) in [7, 11) is -3.65. The average molecular weight is 383 g/mol. The number of hydrogen-bond donors (Lipinski definition) is 1. The van der Waals surface area contributed by atoms with E-state index in [4.69, 9.17) is 0 Å². The molecule has 26 heavy (non-hydrogen) atoms. The lowest BCUT2D eigenvalue weighted by molar-refractivity contribution is -0.127. The number of aromatic nitrogens is 2. The van der Waals surface area contributed by atoms with E-state index in [0.29, 0.717) is 13.0 Å². The molecule has 0 aromatic carbocycles. The smallest absolute Gasteiger partial charge is 0.262 e. The van der Waals surface area contributed by atoms with Gasteiger partial charge in [0, 0.05) is 31.4 Å². The van der Waals surface area contributed by atoms with E-state index in [9.17, 15) is 13.2 Å². The van der Waals surface area contributed by atoms with Crippen molar-refractivity contribution in [2.75, 3.05) is 13.1 Å². The van der Waals surface area contributed by atoms with Crippen LogP contribution in [0.2, 0.25) is 0 Å². The molecule has 7 nitrogen and oxygen atoms in total. The zero-order valence-corrected chi connectivity index (χ0v) is 16.5. The minimum Gasteiger partial charge on any atom is -0.353 e. The maximum absolute atomic E-state index is 12.9. The highest BCUT2D eigenvalue weighted by molar-refractivity contribution is 7.89. The maximum Gasteiger partial charge on any atom is 0.262 e. The molecule has 1 aliphatic heterocycles. The number of carbonyl (C=O) groups is 1. The van der Waals surface area contributed by atoms with Crippen molar-refractivity contribution in [3.63, 3.8) is 0 Å². The van der Waals surface area contributed by atoms with Gasteiger partial charge in [-0.3, -0.25) is 4.79 Å². The second-order valence-corrected chi connectivity index (χ2v) is 9.68. The number of hydrogen-bond acceptors (Lipinski definition) is 4. The fourth-order valence-electron chi connectivity index (χ4n) is 3.81. The molecule has 2 aliphatic rings. The van der Waals surface area contributed by atoms with E-state index < -0.39 is 10.0 Å². The minimum absolute atomic E-state index is 0.00418. The van der Waals surface area contributed by atoms with E-state index in [1.807, 2.05) is 13.8 Å². The van der Waals surface area contributed by atoms with E-state index in [-0.39, 0.29) is 35.5 Å². The number of piperidine rings is 1. The van der Waals surface area contributed by atoms with Gasteiger partial charge in [-0.25, -0.2) is 13.4 Å². The van der Waals surface area contributed by atoms with Crippen LogP contribution < -0.4 is 5.32 Å². The first-order chi connectivity index (χ1) is 12.4. The Morgan fingerprint density at radius 3 is 2.58 bits per heavy atom. The Kier molecular flexibility index (Phi) is 6.02. The van der Waals surface area contributed by atoms with Gasteiger partial charge in [-0.15, -0.1) is 0 Å². The molecular weight excluding hydrogens is 352 g/mol. The van der Waals surface area contributed by atoms with Crippen LogP contribution in [-0.4, -0.2) is 47.3 Å². The second-order valence-electron chi connectivity index (χ2n) is 7.80. The minimum atomic E-state index is -3.65. The lowest BCUT2D eigenvalue weighted by Gasteiger charge is -2.32. The monoisotopic (exact) mass is 382 g/mol. The Balaban J connectivity index is 1.65. The maximum atomic E-state index is 12.9. The van der Waals surface area contributed by atoms with Crippen molar-refractivity contribution in [3.8, 4) is 0 Å². The summed E-state index contributed by atoms with van der Waals surface area (Å²) >= 11 is 0. The van der Waals surface area contributed by atoms with Crippen molar-refractivity contribution >= 4 is 15.9 Å². The summed E-state index contributed by atoms with van der Waals surface area (Å²) in [5, 5.41) is 3.21. The zero-order valence-electron chi connectivity index (χ0n) is 15.7. The quantitative estimate of drug-likeness (QED) is 0.847. The van der Waals surface area contributed by atoms with Crippen LogP contribution in [0.4, 0.5) is 0 Å². The number of carbonyl (C=O) groups excluding carboxylic acids is 1. The SMILES string of the molecule is CC(C)n1cnc(S(=O)(=O)N2CCC[C@H](C(=O)NC3CCCCC3)C2)c1. The van der Waals surface area contributed by atoms with Gasteiger partial charge in [0.2, 0.25) is 5.91 Å². The first-order valence-corrected chi connectivity index (χ1v) is 11.2. The van der Waals surface area contributed by atoms with Crippen LogP contribution >= 0.6 is 0 Å². The fraction of sp³-hybridized carbons (Fsp3) is 0.778. The highest BCUT2D eigenvalue weighted by Gasteiger charge is 2.35. The molecule has 1 atom stereocenters. The Labute approximate surface area is 156 Å². The van der Waals surface area contributed by atoms with Crippen molar-refractivity contribution < 1.29 is 13.2 Å². The summed E-state index contributed by atoms with van der Waals surface area (Å²) in [5.41, 5.74) is 0. The molecule has 0 bridgehead atoms. The fourth-order valence-corrected chi connectivity index (χ4v) is 5.25. The van der Waals surface area contributed by atoms with E-state index in [0.717, 1.165) is 32.1 Å². The van der Waals surface area contributed by atoms with Crippen LogP contribution in [0.5, 0.6) is 0 Å². The van der Waals surface area contributed by atoms with E-state index in [2.05, 4.69) is 10.3 Å². The molecule has 146 valence electrons. The van der Waals surface area contributed by atoms with Crippen LogP contribution in [0.15, 0.2) is 17.6 Å². The second kappa shape index (κ2) is 8.08. The van der Waals surface area contributed by atoms with Crippen LogP contribution in [0, 0.1) is 5.92 Å². The van der Waals surface area contributed by atoms with Gasteiger partial charge in [-0.2, -0.15) is 4.31 Å². The molecule has 2 fully saturated rings. The molecule has 0 unspecified atom stereocenters. The third kappa shape index (κ3) is 4.28. The number of nitrogens with one attached hydrogen (secondary N) is 1. The van der Waals surface area contributed by atoms with Gasteiger partial charge in [-0.1, -0.05) is 19.3 Å². The highest BCUT2D eigenvalue weighted by Crippen LogP contribution is 2.25. The number of nitrogens with zero attached hydrogens (tertiary/aromatic N) is 3. The average Bonchev–Trinajstić information content (AvgIpc) is 3.14. The summed E-state index contributed by atoms with van der Waals surface area (Å²) in [4.78, 5) is 16.7. The van der Waals surface area contributed by atoms with Crippen LogP contribution in [0.3, 0.4) is 0 Å². The molecule has 1 N–H and O–H groups in total. The van der Waals surface area contributed by atoms with E-state index in [1.54, 1.807) is 17.1 Å². The van der Waals surface area contributed by atoms with Crippen LogP contribution in [0.1, 0.15) is 64.8 Å². The standard InChI is InChI=1S/C18H30N4O3S/c1-14(2)21-12-17(19-13-21)26(24,25)22-10-6-7-15(11-22)18(23)20-16-8-4-3-5-9-16/h12-16H,3-11H2,1-2H3,(H,20,23)/t15-/m0/s1. The number of imidazole rings is 1. The van der Waals surface area contributed by atoms with Gasteiger partial charge in [-0.05, 0) is 39.5 Å². The number of sulfonamides is 1. The molecule has 1 aliphatic carbocycles. The molecule has 1 saturated heterocycles. The van der Waals surface area contributed by atoms with Gasteiger partial charge in [0.25, 0.3) is 10.0 Å². The molecule has 1 amide bonds. The molecule has 3 rings (SSSR count). The highest BCUT2D eigenvalue weighted by atomic mass is 32.2. The van der Waals surface area contributed by atoms with Crippen molar-refractivity contribution in [2.24, 2.45) is 5.92 Å². The van der Waals surface area contributed by atoms with Crippen molar-refractivity contribution in [1.29, 1.82) is 0 Å². The summed E-state index contributed by atoms with van der Waals surface area (Å²) in [6.45, 7) is 4.65. The molecule has 1 saturated carbocycles. The molecule has 1 aromatic heterocycles. The van der Waals surface area contributed by atoms with Gasteiger partial charge < -0.3 is 9.88 Å². The largest absolute Gasteiger partial charge is 0.353 e. The molecule has 2 heterocycles. The normalized spacial score (nSPS) is 23.3. The predicted molar refractivity (Wildman–Crippen MR) is 99.1 cm³/mol. The van der Waals surface area contributed by atoms with E-state index in [1.165, 1.54) is 10.7 Å². The zero-order chi connectivity index (χ0) is 18.7. The Bertz CT molecular complexity index is 723.